The van der Waals surface area contributed by atoms with Crippen molar-refractivity contribution in [1.29, 1.82) is 0 Å². The fraction of sp³-hybridized carbons (Fsp3) is 0.286. The van der Waals surface area contributed by atoms with E-state index in [2.05, 4.69) is 9.97 Å². The van der Waals surface area contributed by atoms with E-state index in [1.807, 2.05) is 31.2 Å². The molecule has 1 N–H and O–H groups in total. The van der Waals surface area contributed by atoms with E-state index in [1.54, 1.807) is 12.4 Å². The van der Waals surface area contributed by atoms with Gasteiger partial charge in [-0.05, 0) is 18.1 Å². The van der Waals surface area contributed by atoms with Crippen molar-refractivity contribution in [3.8, 4) is 5.88 Å². The average molecular weight is 244 g/mol. The Morgan fingerprint density at radius 3 is 2.67 bits per heavy atom. The summed E-state index contributed by atoms with van der Waals surface area (Å²) in [6, 6.07) is 7.97. The number of rotatable bonds is 4. The van der Waals surface area contributed by atoms with Gasteiger partial charge in [0.05, 0.1) is 7.11 Å². The van der Waals surface area contributed by atoms with Gasteiger partial charge < -0.3 is 9.84 Å². The molecule has 1 aromatic carbocycles. The molecule has 1 unspecified atom stereocenters. The molecule has 2 rings (SSSR count). The fourth-order valence-electron chi connectivity index (χ4n) is 1.87. The van der Waals surface area contributed by atoms with E-state index >= 15 is 0 Å². The summed E-state index contributed by atoms with van der Waals surface area (Å²) >= 11 is 0. The highest BCUT2D eigenvalue weighted by molar-refractivity contribution is 5.28. The Labute approximate surface area is 106 Å². The highest BCUT2D eigenvalue weighted by Crippen LogP contribution is 2.24. The minimum Gasteiger partial charge on any atom is -0.480 e. The molecule has 0 fully saturated rings. The van der Waals surface area contributed by atoms with Gasteiger partial charge in [0, 0.05) is 18.8 Å². The first-order valence-corrected chi connectivity index (χ1v) is 5.80. The van der Waals surface area contributed by atoms with Gasteiger partial charge in [-0.2, -0.15) is 0 Å². The number of nitrogens with zero attached hydrogens (tertiary/aromatic N) is 2. The van der Waals surface area contributed by atoms with Crippen molar-refractivity contribution in [3.63, 3.8) is 0 Å². The Bertz CT molecular complexity index is 529. The molecule has 94 valence electrons. The molecule has 1 heterocycles. The second-order valence-corrected chi connectivity index (χ2v) is 4.10. The number of ether oxygens (including phenoxy) is 1. The normalized spacial score (nSPS) is 12.2. The largest absolute Gasteiger partial charge is 0.480 e. The number of aryl methyl sites for hydroxylation is 1. The van der Waals surface area contributed by atoms with Crippen LogP contribution in [0.2, 0.25) is 0 Å². The van der Waals surface area contributed by atoms with Gasteiger partial charge in [-0.25, -0.2) is 4.98 Å². The summed E-state index contributed by atoms with van der Waals surface area (Å²) in [5, 5.41) is 10.2. The van der Waals surface area contributed by atoms with Crippen LogP contribution in [0, 0.1) is 6.92 Å². The lowest BCUT2D eigenvalue weighted by molar-refractivity contribution is 0.167. The number of benzene rings is 1. The molecule has 1 atom stereocenters. The van der Waals surface area contributed by atoms with Gasteiger partial charge in [-0.3, -0.25) is 4.98 Å². The van der Waals surface area contributed by atoms with Gasteiger partial charge in [-0.15, -0.1) is 0 Å². The van der Waals surface area contributed by atoms with Crippen LogP contribution >= 0.6 is 0 Å². The number of methoxy groups -OCH3 is 1. The lowest BCUT2D eigenvalue weighted by Gasteiger charge is -2.13. The Morgan fingerprint density at radius 1 is 1.22 bits per heavy atom. The van der Waals surface area contributed by atoms with Crippen molar-refractivity contribution in [2.75, 3.05) is 7.11 Å². The second-order valence-electron chi connectivity index (χ2n) is 4.10. The van der Waals surface area contributed by atoms with E-state index in [0.717, 1.165) is 11.1 Å². The zero-order valence-corrected chi connectivity index (χ0v) is 10.5. The van der Waals surface area contributed by atoms with E-state index in [1.165, 1.54) is 7.11 Å². The zero-order chi connectivity index (χ0) is 13.0. The number of aromatic nitrogens is 2. The molecule has 18 heavy (non-hydrogen) atoms. The highest BCUT2D eigenvalue weighted by Gasteiger charge is 2.16. The zero-order valence-electron chi connectivity index (χ0n) is 10.5. The van der Waals surface area contributed by atoms with Gasteiger partial charge in [0.2, 0.25) is 5.88 Å². The maximum absolute atomic E-state index is 10.2. The molecule has 0 saturated heterocycles. The topological polar surface area (TPSA) is 55.2 Å². The molecular formula is C14H16N2O2. The van der Waals surface area contributed by atoms with Gasteiger partial charge in [0.25, 0.3) is 0 Å². The SMILES string of the molecule is COc1nccnc1C(O)Cc1ccccc1C. The Balaban J connectivity index is 2.22. The smallest absolute Gasteiger partial charge is 0.238 e. The number of aliphatic hydroxyl groups is 1. The summed E-state index contributed by atoms with van der Waals surface area (Å²) in [4.78, 5) is 8.18. The van der Waals surface area contributed by atoms with Crippen molar-refractivity contribution in [3.05, 3.63) is 53.5 Å². The van der Waals surface area contributed by atoms with Gasteiger partial charge in [0.1, 0.15) is 11.8 Å². The first-order chi connectivity index (χ1) is 8.72. The first-order valence-electron chi connectivity index (χ1n) is 5.80. The molecule has 4 nitrogen and oxygen atoms in total. The summed E-state index contributed by atoms with van der Waals surface area (Å²) in [5.74, 6) is 0.374. The third kappa shape index (κ3) is 2.65. The third-order valence-corrected chi connectivity index (χ3v) is 2.87. The summed E-state index contributed by atoms with van der Waals surface area (Å²) in [6.45, 7) is 2.02. The van der Waals surface area contributed by atoms with Gasteiger partial charge in [-0.1, -0.05) is 24.3 Å². The van der Waals surface area contributed by atoms with Gasteiger partial charge in [0.15, 0.2) is 0 Å². The van der Waals surface area contributed by atoms with Crippen LogP contribution in [0.4, 0.5) is 0 Å². The standard InChI is InChI=1S/C14H16N2O2/c1-10-5-3-4-6-11(10)9-12(17)13-14(18-2)16-8-7-15-13/h3-8,12,17H,9H2,1-2H3. The van der Waals surface area contributed by atoms with Crippen LogP contribution in [0.15, 0.2) is 36.7 Å². The van der Waals surface area contributed by atoms with Crippen LogP contribution < -0.4 is 4.74 Å². The van der Waals surface area contributed by atoms with Crippen molar-refractivity contribution in [1.82, 2.24) is 9.97 Å². The minimum atomic E-state index is -0.713. The van der Waals surface area contributed by atoms with E-state index in [-0.39, 0.29) is 0 Å². The molecule has 0 radical (unpaired) electrons. The minimum absolute atomic E-state index is 0.374. The Morgan fingerprint density at radius 2 is 1.94 bits per heavy atom. The monoisotopic (exact) mass is 244 g/mol. The van der Waals surface area contributed by atoms with Crippen molar-refractivity contribution >= 4 is 0 Å². The van der Waals surface area contributed by atoms with Crippen LogP contribution in [-0.4, -0.2) is 22.2 Å². The summed E-state index contributed by atoms with van der Waals surface area (Å²) in [5.41, 5.74) is 2.72. The predicted molar refractivity (Wildman–Crippen MR) is 68.4 cm³/mol. The molecule has 0 amide bonds. The number of hydrogen-bond acceptors (Lipinski definition) is 4. The van der Waals surface area contributed by atoms with Crippen LogP contribution in [0.3, 0.4) is 0 Å². The molecule has 0 aliphatic heterocycles. The van der Waals surface area contributed by atoms with Crippen LogP contribution in [0.5, 0.6) is 5.88 Å². The molecule has 1 aromatic heterocycles. The predicted octanol–water partition coefficient (Wildman–Crippen LogP) is 2.07. The summed E-state index contributed by atoms with van der Waals surface area (Å²) in [7, 11) is 1.52. The van der Waals surface area contributed by atoms with E-state index in [0.29, 0.717) is 18.0 Å². The number of hydrogen-bond donors (Lipinski definition) is 1. The second kappa shape index (κ2) is 5.60. The first kappa shape index (κ1) is 12.5. The average Bonchev–Trinajstić information content (AvgIpc) is 2.41. The molecule has 0 aliphatic rings. The lowest BCUT2D eigenvalue weighted by atomic mass is 10.0. The lowest BCUT2D eigenvalue weighted by Crippen LogP contribution is -2.08. The Hall–Kier alpha value is -1.94. The van der Waals surface area contributed by atoms with E-state index in [9.17, 15) is 5.11 Å². The quantitative estimate of drug-likeness (QED) is 0.894. The fourth-order valence-corrected chi connectivity index (χ4v) is 1.87. The third-order valence-electron chi connectivity index (χ3n) is 2.87. The summed E-state index contributed by atoms with van der Waals surface area (Å²) < 4.78 is 5.10. The van der Waals surface area contributed by atoms with E-state index < -0.39 is 6.10 Å². The molecule has 0 saturated carbocycles. The maximum Gasteiger partial charge on any atom is 0.238 e. The number of aliphatic hydroxyl groups excluding tert-OH is 1. The van der Waals surface area contributed by atoms with Crippen molar-refractivity contribution < 1.29 is 9.84 Å². The van der Waals surface area contributed by atoms with Gasteiger partial charge >= 0.3 is 0 Å². The van der Waals surface area contributed by atoms with Crippen LogP contribution in [0.1, 0.15) is 22.9 Å². The van der Waals surface area contributed by atoms with Crippen LogP contribution in [0.25, 0.3) is 0 Å². The van der Waals surface area contributed by atoms with Crippen molar-refractivity contribution in [2.45, 2.75) is 19.4 Å². The Kier molecular flexibility index (Phi) is 3.89. The maximum atomic E-state index is 10.2. The summed E-state index contributed by atoms with van der Waals surface area (Å²) in [6.07, 6.45) is 2.89. The van der Waals surface area contributed by atoms with E-state index in [4.69, 9.17) is 4.74 Å². The highest BCUT2D eigenvalue weighted by atomic mass is 16.5. The molecule has 4 heteroatoms. The molecule has 0 spiro atoms. The van der Waals surface area contributed by atoms with Crippen molar-refractivity contribution in [2.24, 2.45) is 0 Å². The molecular weight excluding hydrogens is 228 g/mol. The van der Waals surface area contributed by atoms with Crippen LogP contribution in [-0.2, 0) is 6.42 Å². The molecule has 0 bridgehead atoms. The molecule has 0 aliphatic carbocycles. The molecule has 2 aromatic rings.